The third-order valence-corrected chi connectivity index (χ3v) is 3.28. The zero-order valence-electron chi connectivity index (χ0n) is 12.4. The van der Waals surface area contributed by atoms with Crippen LogP contribution in [0.5, 0.6) is 5.75 Å². The lowest BCUT2D eigenvalue weighted by atomic mass is 9.98. The molecule has 0 saturated carbocycles. The van der Waals surface area contributed by atoms with Crippen LogP contribution in [0.3, 0.4) is 0 Å². The summed E-state index contributed by atoms with van der Waals surface area (Å²) in [5, 5.41) is 17.1. The van der Waals surface area contributed by atoms with Gasteiger partial charge in [-0.25, -0.2) is 0 Å². The predicted molar refractivity (Wildman–Crippen MR) is 79.8 cm³/mol. The third kappa shape index (κ3) is 3.42. The fourth-order valence-electron chi connectivity index (χ4n) is 2.42. The molecule has 7 nitrogen and oxygen atoms in total. The van der Waals surface area contributed by atoms with Crippen molar-refractivity contribution in [3.63, 3.8) is 0 Å². The van der Waals surface area contributed by atoms with E-state index in [2.05, 4.69) is 17.6 Å². The second kappa shape index (κ2) is 5.59. The van der Waals surface area contributed by atoms with Crippen LogP contribution in [0.2, 0.25) is 0 Å². The number of rotatable bonds is 5. The van der Waals surface area contributed by atoms with Gasteiger partial charge in [-0.2, -0.15) is 0 Å². The van der Waals surface area contributed by atoms with Gasteiger partial charge in [0.05, 0.1) is 16.7 Å². The second-order valence-corrected chi connectivity index (χ2v) is 5.72. The average Bonchev–Trinajstić information content (AvgIpc) is 2.36. The topological polar surface area (TPSA) is 93.5 Å². The Morgan fingerprint density at radius 3 is 2.81 bits per heavy atom. The Hall–Kier alpha value is -2.31. The fourth-order valence-corrected chi connectivity index (χ4v) is 2.42. The molecule has 1 aliphatic heterocycles. The van der Waals surface area contributed by atoms with Crippen LogP contribution >= 0.6 is 0 Å². The predicted octanol–water partition coefficient (Wildman–Crippen LogP) is 2.92. The first kappa shape index (κ1) is 15.1. The van der Waals surface area contributed by atoms with Crippen molar-refractivity contribution >= 4 is 23.0 Å². The van der Waals surface area contributed by atoms with E-state index in [1.807, 2.05) is 13.8 Å². The molecule has 1 amide bonds. The number of carbonyl (C=O) groups excluding carboxylic acids is 1. The number of nitro groups is 1. The quantitative estimate of drug-likeness (QED) is 0.643. The number of nitrogens with zero attached hydrogens (tertiary/aromatic N) is 1. The Kier molecular flexibility index (Phi) is 4.02. The summed E-state index contributed by atoms with van der Waals surface area (Å²) in [6.45, 7) is 5.89. The highest BCUT2D eigenvalue weighted by Gasteiger charge is 2.26. The van der Waals surface area contributed by atoms with Crippen molar-refractivity contribution in [2.45, 2.75) is 39.2 Å². The first-order chi connectivity index (χ1) is 9.82. The molecule has 0 aromatic heterocycles. The van der Waals surface area contributed by atoms with Crippen LogP contribution in [0.15, 0.2) is 12.1 Å². The van der Waals surface area contributed by atoms with E-state index in [0.717, 1.165) is 12.8 Å². The standard InChI is InChI=1S/C14H19N3O4/c1-4-5-14(2,3)16-9-6-10-12(7-11(9)17(19)20)21-8-13(18)15-10/h6-7,16H,4-5,8H2,1-3H3,(H,15,18). The lowest BCUT2D eigenvalue weighted by molar-refractivity contribution is -0.384. The van der Waals surface area contributed by atoms with E-state index in [1.54, 1.807) is 6.07 Å². The molecule has 0 unspecified atom stereocenters. The van der Waals surface area contributed by atoms with E-state index >= 15 is 0 Å². The fraction of sp³-hybridized carbons (Fsp3) is 0.500. The number of hydrogen-bond donors (Lipinski definition) is 2. The zero-order chi connectivity index (χ0) is 15.6. The number of nitro benzene ring substituents is 1. The molecule has 0 aliphatic carbocycles. The molecule has 21 heavy (non-hydrogen) atoms. The number of carbonyl (C=O) groups is 1. The molecule has 1 heterocycles. The molecule has 1 aromatic carbocycles. The first-order valence-corrected chi connectivity index (χ1v) is 6.85. The summed E-state index contributed by atoms with van der Waals surface area (Å²) in [6.07, 6.45) is 1.82. The van der Waals surface area contributed by atoms with Crippen molar-refractivity contribution in [2.24, 2.45) is 0 Å². The normalized spacial score (nSPS) is 14.0. The molecule has 0 spiro atoms. The van der Waals surface area contributed by atoms with E-state index in [1.165, 1.54) is 6.07 Å². The van der Waals surface area contributed by atoms with Crippen molar-refractivity contribution in [3.8, 4) is 5.75 Å². The Bertz CT molecular complexity index is 584. The maximum Gasteiger partial charge on any atom is 0.296 e. The number of nitrogens with one attached hydrogen (secondary N) is 2. The molecule has 114 valence electrons. The smallest absolute Gasteiger partial charge is 0.296 e. The van der Waals surface area contributed by atoms with Crippen LogP contribution in [0.25, 0.3) is 0 Å². The van der Waals surface area contributed by atoms with Crippen LogP contribution in [0, 0.1) is 10.1 Å². The average molecular weight is 293 g/mol. The molecule has 1 aromatic rings. The Morgan fingerprint density at radius 1 is 1.48 bits per heavy atom. The largest absolute Gasteiger partial charge is 0.481 e. The third-order valence-electron chi connectivity index (χ3n) is 3.28. The van der Waals surface area contributed by atoms with Gasteiger partial charge >= 0.3 is 0 Å². The molecule has 2 N–H and O–H groups in total. The number of benzene rings is 1. The van der Waals surface area contributed by atoms with Gasteiger partial charge < -0.3 is 15.4 Å². The molecule has 7 heteroatoms. The Balaban J connectivity index is 2.41. The molecule has 0 fully saturated rings. The number of hydrogen-bond acceptors (Lipinski definition) is 5. The molecule has 0 saturated heterocycles. The molecular weight excluding hydrogens is 274 g/mol. The Labute approximate surface area is 122 Å². The van der Waals surface area contributed by atoms with Crippen molar-refractivity contribution in [3.05, 3.63) is 22.2 Å². The summed E-state index contributed by atoms with van der Waals surface area (Å²) in [6, 6.07) is 2.90. The summed E-state index contributed by atoms with van der Waals surface area (Å²) in [7, 11) is 0. The first-order valence-electron chi connectivity index (χ1n) is 6.85. The van der Waals surface area contributed by atoms with Gasteiger partial charge in [0.2, 0.25) is 0 Å². The van der Waals surface area contributed by atoms with Crippen molar-refractivity contribution < 1.29 is 14.5 Å². The molecular formula is C14H19N3O4. The number of fused-ring (bicyclic) bond motifs is 1. The second-order valence-electron chi connectivity index (χ2n) is 5.72. The summed E-state index contributed by atoms with van der Waals surface area (Å²) in [5.41, 5.74) is 0.483. The van der Waals surface area contributed by atoms with Crippen molar-refractivity contribution in [2.75, 3.05) is 17.2 Å². The van der Waals surface area contributed by atoms with Crippen LogP contribution in [-0.4, -0.2) is 23.0 Å². The minimum atomic E-state index is -0.454. The molecule has 0 bridgehead atoms. The van der Waals surface area contributed by atoms with Gasteiger partial charge in [0.15, 0.2) is 12.4 Å². The lowest BCUT2D eigenvalue weighted by Gasteiger charge is -2.28. The highest BCUT2D eigenvalue weighted by molar-refractivity contribution is 5.96. The van der Waals surface area contributed by atoms with E-state index in [-0.39, 0.29) is 23.7 Å². The van der Waals surface area contributed by atoms with Gasteiger partial charge in [0.1, 0.15) is 5.69 Å². The summed E-state index contributed by atoms with van der Waals surface area (Å²) < 4.78 is 5.21. The Morgan fingerprint density at radius 2 is 2.19 bits per heavy atom. The van der Waals surface area contributed by atoms with Gasteiger partial charge in [0, 0.05) is 5.54 Å². The van der Waals surface area contributed by atoms with Gasteiger partial charge in [-0.1, -0.05) is 13.3 Å². The van der Waals surface area contributed by atoms with Gasteiger partial charge in [-0.3, -0.25) is 14.9 Å². The lowest BCUT2D eigenvalue weighted by Crippen LogP contribution is -2.31. The van der Waals surface area contributed by atoms with Gasteiger partial charge in [-0.05, 0) is 26.3 Å². The number of anilines is 2. The number of amides is 1. The molecule has 0 radical (unpaired) electrons. The molecule has 1 aliphatic rings. The zero-order valence-corrected chi connectivity index (χ0v) is 12.4. The van der Waals surface area contributed by atoms with E-state index in [9.17, 15) is 14.9 Å². The van der Waals surface area contributed by atoms with Crippen LogP contribution < -0.4 is 15.4 Å². The SMILES string of the molecule is CCCC(C)(C)Nc1cc2c(cc1[N+](=O)[O-])OCC(=O)N2. The van der Waals surface area contributed by atoms with Crippen LogP contribution in [-0.2, 0) is 4.79 Å². The molecule has 0 atom stereocenters. The van der Waals surface area contributed by atoms with E-state index < -0.39 is 4.92 Å². The van der Waals surface area contributed by atoms with Crippen LogP contribution in [0.1, 0.15) is 33.6 Å². The summed E-state index contributed by atoms with van der Waals surface area (Å²) in [5.74, 6) is 0.0512. The van der Waals surface area contributed by atoms with E-state index in [4.69, 9.17) is 4.74 Å². The van der Waals surface area contributed by atoms with Crippen molar-refractivity contribution in [1.29, 1.82) is 0 Å². The summed E-state index contributed by atoms with van der Waals surface area (Å²) in [4.78, 5) is 22.1. The van der Waals surface area contributed by atoms with Gasteiger partial charge in [0.25, 0.3) is 11.6 Å². The van der Waals surface area contributed by atoms with Crippen molar-refractivity contribution in [1.82, 2.24) is 0 Å². The maximum atomic E-state index is 11.4. The minimum Gasteiger partial charge on any atom is -0.481 e. The maximum absolute atomic E-state index is 11.4. The van der Waals surface area contributed by atoms with E-state index in [0.29, 0.717) is 17.1 Å². The number of ether oxygens (including phenoxy) is 1. The monoisotopic (exact) mass is 293 g/mol. The highest BCUT2D eigenvalue weighted by Crippen LogP contribution is 2.39. The minimum absolute atomic E-state index is 0.0610. The van der Waals surface area contributed by atoms with Gasteiger partial charge in [-0.15, -0.1) is 0 Å². The van der Waals surface area contributed by atoms with Crippen LogP contribution in [0.4, 0.5) is 17.1 Å². The molecule has 2 rings (SSSR count). The summed E-state index contributed by atoms with van der Waals surface area (Å²) >= 11 is 0. The highest BCUT2D eigenvalue weighted by atomic mass is 16.6.